The fourth-order valence-corrected chi connectivity index (χ4v) is 4.57. The topological polar surface area (TPSA) is 79.7 Å². The minimum atomic E-state index is -0.359. The van der Waals surface area contributed by atoms with Gasteiger partial charge in [0.05, 0.1) is 24.1 Å². The van der Waals surface area contributed by atoms with E-state index in [-0.39, 0.29) is 17.5 Å². The van der Waals surface area contributed by atoms with Gasteiger partial charge in [-0.1, -0.05) is 12.1 Å². The summed E-state index contributed by atoms with van der Waals surface area (Å²) in [6, 6.07) is 13.1. The van der Waals surface area contributed by atoms with Gasteiger partial charge in [-0.2, -0.15) is 5.10 Å². The molecule has 1 N–H and O–H groups in total. The summed E-state index contributed by atoms with van der Waals surface area (Å²) < 4.78 is 7.27. The Morgan fingerprint density at radius 2 is 1.79 bits per heavy atom. The smallest absolute Gasteiger partial charge is 0.276 e. The fourth-order valence-electron chi connectivity index (χ4n) is 4.57. The average molecular weight is 510 g/mol. The number of nitrogens with zero attached hydrogens (tertiary/aromatic N) is 4. The summed E-state index contributed by atoms with van der Waals surface area (Å²) in [5, 5.41) is 7.51. The van der Waals surface area contributed by atoms with E-state index in [1.165, 1.54) is 18.2 Å². The molecule has 3 heterocycles. The molecule has 2 aliphatic rings. The number of benzene rings is 2. The van der Waals surface area contributed by atoms with Crippen LogP contribution in [0.2, 0.25) is 0 Å². The molecule has 0 spiro atoms. The van der Waals surface area contributed by atoms with Crippen molar-refractivity contribution in [3.63, 3.8) is 0 Å². The number of piperazine rings is 1. The normalized spacial score (nSPS) is 15.1. The molecular weight excluding hydrogens is 478 g/mol. The number of ether oxygens (including phenoxy) is 1. The molecule has 0 atom stereocenters. The number of aromatic nitrogens is 2. The maximum Gasteiger partial charge on any atom is 0.276 e. The third-order valence-electron chi connectivity index (χ3n) is 7.05. The molecule has 1 saturated heterocycles. The molecule has 2 aliphatic heterocycles. The molecular formula is C30H31N5O3. The third-order valence-corrected chi connectivity index (χ3v) is 7.05. The molecule has 1 aromatic heterocycles. The monoisotopic (exact) mass is 509 g/mol. The summed E-state index contributed by atoms with van der Waals surface area (Å²) in [6.45, 7) is 7.16. The second-order valence-corrected chi connectivity index (χ2v) is 9.66. The van der Waals surface area contributed by atoms with Crippen LogP contribution in [-0.4, -0.2) is 71.7 Å². The first kappa shape index (κ1) is 25.3. The van der Waals surface area contributed by atoms with Gasteiger partial charge in [0.15, 0.2) is 5.69 Å². The SMILES string of the molecule is COc1cc(NC(=O)c2cc3n(n2)C(c2ccc(C)c(C)c2)=CC=C=C3)ccc1C(=O)N1CCN(C)CC1. The average Bonchev–Trinajstić information content (AvgIpc) is 3.24. The highest BCUT2D eigenvalue weighted by Crippen LogP contribution is 2.27. The summed E-state index contributed by atoms with van der Waals surface area (Å²) >= 11 is 0. The summed E-state index contributed by atoms with van der Waals surface area (Å²) in [6.07, 6.45) is 5.58. The van der Waals surface area contributed by atoms with Crippen LogP contribution in [0.15, 0.2) is 60.3 Å². The van der Waals surface area contributed by atoms with E-state index in [4.69, 9.17) is 4.74 Å². The number of methoxy groups -OCH3 is 1. The lowest BCUT2D eigenvalue weighted by Gasteiger charge is -2.32. The molecule has 194 valence electrons. The summed E-state index contributed by atoms with van der Waals surface area (Å²) in [7, 11) is 3.57. The maximum absolute atomic E-state index is 13.2. The first-order chi connectivity index (χ1) is 18.3. The highest BCUT2D eigenvalue weighted by Gasteiger charge is 2.24. The Balaban J connectivity index is 1.37. The zero-order valence-corrected chi connectivity index (χ0v) is 22.1. The lowest BCUT2D eigenvalue weighted by Crippen LogP contribution is -2.47. The van der Waals surface area contributed by atoms with E-state index < -0.39 is 0 Å². The minimum absolute atomic E-state index is 0.0730. The summed E-state index contributed by atoms with van der Waals surface area (Å²) in [5.41, 5.74) is 9.39. The van der Waals surface area contributed by atoms with E-state index in [1.54, 1.807) is 35.0 Å². The molecule has 0 saturated carbocycles. The Labute approximate surface area is 222 Å². The fraction of sp³-hybridized carbons (Fsp3) is 0.267. The van der Waals surface area contributed by atoms with Gasteiger partial charge in [0.25, 0.3) is 11.8 Å². The van der Waals surface area contributed by atoms with Gasteiger partial charge in [0.1, 0.15) is 5.75 Å². The second-order valence-electron chi connectivity index (χ2n) is 9.66. The largest absolute Gasteiger partial charge is 0.496 e. The third kappa shape index (κ3) is 5.05. The van der Waals surface area contributed by atoms with Crippen LogP contribution < -0.4 is 10.1 Å². The van der Waals surface area contributed by atoms with E-state index in [0.29, 0.717) is 30.1 Å². The first-order valence-electron chi connectivity index (χ1n) is 12.6. The van der Waals surface area contributed by atoms with E-state index in [9.17, 15) is 9.59 Å². The second kappa shape index (κ2) is 10.5. The molecule has 2 aromatic carbocycles. The van der Waals surface area contributed by atoms with Gasteiger partial charge in [0.2, 0.25) is 0 Å². The molecule has 3 aromatic rings. The van der Waals surface area contributed by atoms with Gasteiger partial charge < -0.3 is 19.9 Å². The van der Waals surface area contributed by atoms with Gasteiger partial charge >= 0.3 is 0 Å². The Kier molecular flexibility index (Phi) is 7.01. The molecule has 8 nitrogen and oxygen atoms in total. The van der Waals surface area contributed by atoms with Crippen molar-refractivity contribution in [3.8, 4) is 5.75 Å². The van der Waals surface area contributed by atoms with Crippen LogP contribution >= 0.6 is 0 Å². The van der Waals surface area contributed by atoms with Gasteiger partial charge in [-0.05, 0) is 68.4 Å². The molecule has 0 aliphatic carbocycles. The van der Waals surface area contributed by atoms with Gasteiger partial charge in [0, 0.05) is 49.6 Å². The van der Waals surface area contributed by atoms with E-state index in [1.807, 2.05) is 24.1 Å². The maximum atomic E-state index is 13.2. The number of likely N-dealkylation sites (N-methyl/N-ethyl adjacent to an activating group) is 1. The number of anilines is 1. The highest BCUT2D eigenvalue weighted by molar-refractivity contribution is 6.04. The standard InChI is InChI=1S/C30H31N5O3/c1-20-9-10-22(17-21(20)2)27-8-6-5-7-24-19-26(32-35(24)27)29(36)31-23-11-12-25(28(18-23)38-4)30(37)34-15-13-33(3)14-16-34/h6-12,17-19H,13-16H2,1-4H3,(H,31,36). The Bertz CT molecular complexity index is 1500. The van der Waals surface area contributed by atoms with Crippen LogP contribution in [-0.2, 0) is 0 Å². The van der Waals surface area contributed by atoms with Gasteiger partial charge in [-0.3, -0.25) is 9.59 Å². The molecule has 38 heavy (non-hydrogen) atoms. The van der Waals surface area contributed by atoms with Crippen molar-refractivity contribution in [2.45, 2.75) is 13.8 Å². The number of rotatable bonds is 5. The number of hydrogen-bond donors (Lipinski definition) is 1. The predicted octanol–water partition coefficient (Wildman–Crippen LogP) is 4.22. The van der Waals surface area contributed by atoms with Crippen LogP contribution in [0.1, 0.15) is 43.2 Å². The Hall–Kier alpha value is -4.39. The zero-order chi connectivity index (χ0) is 26.8. The van der Waals surface area contributed by atoms with Crippen molar-refractivity contribution in [2.75, 3.05) is 45.7 Å². The highest BCUT2D eigenvalue weighted by atomic mass is 16.5. The molecule has 8 heteroatoms. The number of nitrogens with one attached hydrogen (secondary N) is 1. The van der Waals surface area contributed by atoms with Crippen molar-refractivity contribution < 1.29 is 14.3 Å². The van der Waals surface area contributed by atoms with Crippen molar-refractivity contribution >= 4 is 29.3 Å². The number of fused-ring (bicyclic) bond motifs is 1. The zero-order valence-electron chi connectivity index (χ0n) is 22.1. The number of carbonyl (C=O) groups is 2. The molecule has 0 bridgehead atoms. The van der Waals surface area contributed by atoms with Crippen LogP contribution in [0.3, 0.4) is 0 Å². The quantitative estimate of drug-likeness (QED) is 0.521. The lowest BCUT2D eigenvalue weighted by molar-refractivity contribution is 0.0661. The lowest BCUT2D eigenvalue weighted by atomic mass is 10.0. The van der Waals surface area contributed by atoms with Crippen molar-refractivity contribution in [3.05, 3.63) is 94.0 Å². The Morgan fingerprint density at radius 3 is 2.53 bits per heavy atom. The van der Waals surface area contributed by atoms with Crippen molar-refractivity contribution in [2.24, 2.45) is 0 Å². The van der Waals surface area contributed by atoms with E-state index in [2.05, 4.69) is 53.1 Å². The number of hydrogen-bond acceptors (Lipinski definition) is 5. The molecule has 0 radical (unpaired) electrons. The minimum Gasteiger partial charge on any atom is -0.496 e. The molecule has 1 fully saturated rings. The number of allylic oxidation sites excluding steroid dienone is 2. The molecule has 2 amide bonds. The first-order valence-corrected chi connectivity index (χ1v) is 12.6. The number of amides is 2. The van der Waals surface area contributed by atoms with Crippen LogP contribution in [0, 0.1) is 13.8 Å². The van der Waals surface area contributed by atoms with Gasteiger partial charge in [-0.25, -0.2) is 4.68 Å². The molecule has 5 rings (SSSR count). The number of aryl methyl sites for hydroxylation is 2. The summed E-state index contributed by atoms with van der Waals surface area (Å²) in [5.74, 6) is -0.0147. The van der Waals surface area contributed by atoms with E-state index in [0.717, 1.165) is 30.0 Å². The van der Waals surface area contributed by atoms with Gasteiger partial charge in [-0.15, -0.1) is 5.73 Å². The van der Waals surface area contributed by atoms with Crippen molar-refractivity contribution in [1.82, 2.24) is 19.6 Å². The van der Waals surface area contributed by atoms with Crippen LogP contribution in [0.25, 0.3) is 11.8 Å². The number of carbonyl (C=O) groups excluding carboxylic acids is 2. The van der Waals surface area contributed by atoms with Crippen molar-refractivity contribution in [1.29, 1.82) is 0 Å². The predicted molar refractivity (Wildman–Crippen MR) is 148 cm³/mol. The molecule has 0 unspecified atom stereocenters. The van der Waals surface area contributed by atoms with Crippen LogP contribution in [0.5, 0.6) is 5.75 Å². The Morgan fingerprint density at radius 1 is 1.00 bits per heavy atom. The van der Waals surface area contributed by atoms with Crippen LogP contribution in [0.4, 0.5) is 5.69 Å². The summed E-state index contributed by atoms with van der Waals surface area (Å²) in [4.78, 5) is 30.3. The van der Waals surface area contributed by atoms with E-state index >= 15 is 0 Å².